The minimum atomic E-state index is 0.716. The van der Waals surface area contributed by atoms with E-state index < -0.39 is 0 Å². The molecule has 1 heterocycles. The lowest BCUT2D eigenvalue weighted by Gasteiger charge is -2.06. The molecule has 0 saturated carbocycles. The Hall–Kier alpha value is -1.06. The molecule has 0 spiro atoms. The summed E-state index contributed by atoms with van der Waals surface area (Å²) in [5.41, 5.74) is 2.19. The summed E-state index contributed by atoms with van der Waals surface area (Å²) in [6.45, 7) is 2.73. The Bertz CT molecular complexity index is 527. The monoisotopic (exact) mass is 238 g/mol. The molecule has 0 unspecified atom stereocenters. The van der Waals surface area contributed by atoms with Crippen LogP contribution in [0.3, 0.4) is 0 Å². The topological polar surface area (TPSA) is 20.7 Å². The van der Waals surface area contributed by atoms with Crippen LogP contribution in [0.2, 0.25) is 5.02 Å². The van der Waals surface area contributed by atoms with Gasteiger partial charge in [0, 0.05) is 16.9 Å². The van der Waals surface area contributed by atoms with Crippen molar-refractivity contribution in [1.82, 2.24) is 9.55 Å². The van der Waals surface area contributed by atoms with Gasteiger partial charge in [0.25, 0.3) is 0 Å². The summed E-state index contributed by atoms with van der Waals surface area (Å²) in [4.78, 5) is 3.01. The normalized spacial score (nSPS) is 10.5. The van der Waals surface area contributed by atoms with Gasteiger partial charge in [-0.15, -0.1) is 0 Å². The number of aryl methyl sites for hydroxylation is 1. The number of hydrogen-bond acceptors (Lipinski definition) is 1. The number of nitrogens with zero attached hydrogens (tertiary/aromatic N) is 1. The molecule has 0 bridgehead atoms. The molecule has 0 radical (unpaired) electrons. The summed E-state index contributed by atoms with van der Waals surface area (Å²) >= 11 is 11.3. The van der Waals surface area contributed by atoms with Crippen molar-refractivity contribution in [3.05, 3.63) is 51.5 Å². The van der Waals surface area contributed by atoms with Crippen molar-refractivity contribution in [2.45, 2.75) is 13.5 Å². The number of H-pyrrole nitrogens is 1. The maximum atomic E-state index is 6.09. The molecular weight excluding hydrogens is 228 g/mol. The highest BCUT2D eigenvalue weighted by Gasteiger charge is 2.03. The first-order valence-electron chi connectivity index (χ1n) is 4.66. The standard InChI is InChI=1S/C11H11ClN2S/c1-8-6-13-11(15)14(8)7-9-4-2-3-5-10(9)12/h2-6H,7H2,1H3,(H,13,15). The van der Waals surface area contributed by atoms with Crippen LogP contribution in [0.4, 0.5) is 0 Å². The van der Waals surface area contributed by atoms with Crippen molar-refractivity contribution in [2.75, 3.05) is 0 Å². The summed E-state index contributed by atoms with van der Waals surface area (Å²) in [5, 5.41) is 0.778. The zero-order valence-corrected chi connectivity index (χ0v) is 9.90. The molecular formula is C11H11ClN2S. The Morgan fingerprint density at radius 2 is 2.13 bits per heavy atom. The highest BCUT2D eigenvalue weighted by Crippen LogP contribution is 2.17. The summed E-state index contributed by atoms with van der Waals surface area (Å²) in [6.07, 6.45) is 1.90. The van der Waals surface area contributed by atoms with Crippen LogP contribution < -0.4 is 0 Å². The zero-order valence-electron chi connectivity index (χ0n) is 8.33. The lowest BCUT2D eigenvalue weighted by Crippen LogP contribution is -2.02. The lowest BCUT2D eigenvalue weighted by atomic mass is 10.2. The lowest BCUT2D eigenvalue weighted by molar-refractivity contribution is 0.758. The van der Waals surface area contributed by atoms with Crippen LogP contribution in [0, 0.1) is 11.7 Å². The van der Waals surface area contributed by atoms with Crippen molar-refractivity contribution >= 4 is 23.8 Å². The second kappa shape index (κ2) is 4.21. The molecule has 1 aromatic heterocycles. The van der Waals surface area contributed by atoms with Gasteiger partial charge in [-0.05, 0) is 30.8 Å². The third-order valence-corrected chi connectivity index (χ3v) is 3.07. The predicted molar refractivity (Wildman–Crippen MR) is 64.9 cm³/mol. The van der Waals surface area contributed by atoms with Crippen LogP contribution in [0.1, 0.15) is 11.3 Å². The Kier molecular flexibility index (Phi) is 2.93. The van der Waals surface area contributed by atoms with Gasteiger partial charge in [-0.1, -0.05) is 29.8 Å². The zero-order chi connectivity index (χ0) is 10.8. The van der Waals surface area contributed by atoms with E-state index >= 15 is 0 Å². The van der Waals surface area contributed by atoms with Crippen LogP contribution in [0.15, 0.2) is 30.5 Å². The van der Waals surface area contributed by atoms with Crippen LogP contribution >= 0.6 is 23.8 Å². The van der Waals surface area contributed by atoms with Gasteiger partial charge in [-0.2, -0.15) is 0 Å². The first kappa shape index (κ1) is 10.5. The van der Waals surface area contributed by atoms with Crippen molar-refractivity contribution in [1.29, 1.82) is 0 Å². The molecule has 4 heteroatoms. The van der Waals surface area contributed by atoms with E-state index in [4.69, 9.17) is 23.8 Å². The van der Waals surface area contributed by atoms with E-state index in [0.717, 1.165) is 21.1 Å². The van der Waals surface area contributed by atoms with Gasteiger partial charge in [0.1, 0.15) is 0 Å². The SMILES string of the molecule is Cc1c[nH]c(=S)n1Cc1ccccc1Cl. The van der Waals surface area contributed by atoms with E-state index in [1.165, 1.54) is 0 Å². The molecule has 2 rings (SSSR count). The second-order valence-electron chi connectivity index (χ2n) is 3.41. The molecule has 1 aromatic carbocycles. The van der Waals surface area contributed by atoms with E-state index in [1.54, 1.807) is 0 Å². The van der Waals surface area contributed by atoms with Gasteiger partial charge in [-0.3, -0.25) is 0 Å². The molecule has 2 aromatic rings. The van der Waals surface area contributed by atoms with E-state index in [2.05, 4.69) is 4.98 Å². The molecule has 0 aliphatic heterocycles. The Morgan fingerprint density at radius 1 is 1.40 bits per heavy atom. The number of benzene rings is 1. The van der Waals surface area contributed by atoms with Gasteiger partial charge in [-0.25, -0.2) is 0 Å². The molecule has 2 nitrogen and oxygen atoms in total. The van der Waals surface area contributed by atoms with Gasteiger partial charge in [0.15, 0.2) is 4.77 Å². The Morgan fingerprint density at radius 3 is 2.73 bits per heavy atom. The number of aromatic amines is 1. The van der Waals surface area contributed by atoms with E-state index in [-0.39, 0.29) is 0 Å². The van der Waals surface area contributed by atoms with E-state index in [9.17, 15) is 0 Å². The average molecular weight is 239 g/mol. The minimum Gasteiger partial charge on any atom is -0.337 e. The maximum absolute atomic E-state index is 6.09. The van der Waals surface area contributed by atoms with Crippen molar-refractivity contribution < 1.29 is 0 Å². The van der Waals surface area contributed by atoms with Gasteiger partial charge in [0.2, 0.25) is 0 Å². The Labute approximate surface area is 98.5 Å². The largest absolute Gasteiger partial charge is 0.337 e. The molecule has 0 fully saturated rings. The molecule has 1 N–H and O–H groups in total. The van der Waals surface area contributed by atoms with Crippen LogP contribution in [-0.2, 0) is 6.54 Å². The fraction of sp³-hybridized carbons (Fsp3) is 0.182. The number of aromatic nitrogens is 2. The van der Waals surface area contributed by atoms with Crippen molar-refractivity contribution in [2.24, 2.45) is 0 Å². The third kappa shape index (κ3) is 2.13. The smallest absolute Gasteiger partial charge is 0.177 e. The molecule has 15 heavy (non-hydrogen) atoms. The maximum Gasteiger partial charge on any atom is 0.177 e. The summed E-state index contributed by atoms with van der Waals surface area (Å²) in [7, 11) is 0. The second-order valence-corrected chi connectivity index (χ2v) is 4.21. The Balaban J connectivity index is 2.38. The minimum absolute atomic E-state index is 0.716. The summed E-state index contributed by atoms with van der Waals surface area (Å²) in [6, 6.07) is 7.81. The fourth-order valence-corrected chi connectivity index (χ4v) is 1.94. The third-order valence-electron chi connectivity index (χ3n) is 2.36. The molecule has 78 valence electrons. The quantitative estimate of drug-likeness (QED) is 0.794. The first-order valence-corrected chi connectivity index (χ1v) is 5.45. The average Bonchev–Trinajstić information content (AvgIpc) is 2.53. The number of imidazole rings is 1. The number of rotatable bonds is 2. The number of halogens is 1. The van der Waals surface area contributed by atoms with E-state index in [1.807, 2.05) is 42.0 Å². The van der Waals surface area contributed by atoms with Gasteiger partial charge >= 0.3 is 0 Å². The molecule has 0 atom stereocenters. The number of nitrogens with one attached hydrogen (secondary N) is 1. The van der Waals surface area contributed by atoms with Crippen LogP contribution in [0.25, 0.3) is 0 Å². The fourth-order valence-electron chi connectivity index (χ4n) is 1.48. The van der Waals surface area contributed by atoms with Crippen molar-refractivity contribution in [3.63, 3.8) is 0 Å². The number of hydrogen-bond donors (Lipinski definition) is 1. The summed E-state index contributed by atoms with van der Waals surface area (Å²) in [5.74, 6) is 0. The van der Waals surface area contributed by atoms with Gasteiger partial charge < -0.3 is 9.55 Å². The van der Waals surface area contributed by atoms with Crippen molar-refractivity contribution in [3.8, 4) is 0 Å². The summed E-state index contributed by atoms with van der Waals surface area (Å²) < 4.78 is 2.75. The molecule has 0 saturated heterocycles. The van der Waals surface area contributed by atoms with Gasteiger partial charge in [0.05, 0.1) is 6.54 Å². The molecule has 0 aliphatic rings. The molecule has 0 amide bonds. The van der Waals surface area contributed by atoms with Crippen LogP contribution in [-0.4, -0.2) is 9.55 Å². The molecule has 0 aliphatic carbocycles. The predicted octanol–water partition coefficient (Wildman–Crippen LogP) is 3.56. The van der Waals surface area contributed by atoms with E-state index in [0.29, 0.717) is 6.54 Å². The first-order chi connectivity index (χ1) is 7.18. The highest BCUT2D eigenvalue weighted by atomic mass is 35.5. The van der Waals surface area contributed by atoms with Crippen LogP contribution in [0.5, 0.6) is 0 Å². The highest BCUT2D eigenvalue weighted by molar-refractivity contribution is 7.71.